The van der Waals surface area contributed by atoms with E-state index >= 15 is 0 Å². The van der Waals surface area contributed by atoms with Gasteiger partial charge in [0.1, 0.15) is 5.57 Å². The number of carbonyl (C=O) groups is 2. The lowest BCUT2D eigenvalue weighted by Crippen LogP contribution is -2.51. The topological polar surface area (TPSA) is 163 Å². The minimum atomic E-state index is -0.799. The number of nitrogens with zero attached hydrogens (tertiary/aromatic N) is 2. The Morgan fingerprint density at radius 3 is 2.22 bits per heavy atom. The summed E-state index contributed by atoms with van der Waals surface area (Å²) in [5, 5.41) is 26.8. The Hall–Kier alpha value is -4.39. The number of hydrogen-bond donors (Lipinski definition) is 2. The Balaban J connectivity index is 1.97. The van der Waals surface area contributed by atoms with E-state index < -0.39 is 33.0 Å². The molecule has 164 valence electrons. The lowest BCUT2D eigenvalue weighted by atomic mass is 10.1. The van der Waals surface area contributed by atoms with Gasteiger partial charge in [0.25, 0.3) is 17.5 Å². The number of non-ortho nitro benzene ring substituents is 1. The van der Waals surface area contributed by atoms with Crippen LogP contribution in [0.4, 0.5) is 11.4 Å². The first kappa shape index (κ1) is 22.3. The van der Waals surface area contributed by atoms with Crippen LogP contribution in [0.2, 0.25) is 0 Å². The molecule has 2 aromatic rings. The number of nitrogens with one attached hydrogen (secondary N) is 2. The van der Waals surface area contributed by atoms with Crippen LogP contribution in [0.25, 0.3) is 6.08 Å². The van der Waals surface area contributed by atoms with Crippen LogP contribution in [0.1, 0.15) is 12.5 Å². The van der Waals surface area contributed by atoms with Crippen molar-refractivity contribution in [3.05, 3.63) is 67.8 Å². The zero-order chi connectivity index (χ0) is 23.4. The van der Waals surface area contributed by atoms with Crippen LogP contribution >= 0.6 is 12.2 Å². The molecule has 1 aliphatic rings. The molecule has 1 heterocycles. The maximum absolute atomic E-state index is 12.0. The number of carbonyl (C=O) groups excluding carboxylic acids is 2. The number of nitro groups is 2. The van der Waals surface area contributed by atoms with Gasteiger partial charge in [0.05, 0.1) is 22.5 Å². The zero-order valence-corrected chi connectivity index (χ0v) is 17.1. The van der Waals surface area contributed by atoms with Crippen molar-refractivity contribution in [1.29, 1.82) is 0 Å². The third kappa shape index (κ3) is 4.84. The fourth-order valence-electron chi connectivity index (χ4n) is 2.71. The van der Waals surface area contributed by atoms with Crippen molar-refractivity contribution in [3.63, 3.8) is 0 Å². The standard InChI is InChI=1S/C19H14N4O8S/c1-2-30-16-8-10(7-12-17(24)20-19(32)21-18(12)25)3-5-15(16)31-14-6-4-11(22(26)27)9-13(14)23(28)29/h3-9H,2H2,1H3,(H2,20,21,24,25,32). The van der Waals surface area contributed by atoms with Crippen molar-refractivity contribution >= 4 is 46.6 Å². The number of nitro benzene ring substituents is 2. The Bertz CT molecular complexity index is 1170. The molecule has 0 aromatic heterocycles. The molecule has 0 unspecified atom stereocenters. The lowest BCUT2D eigenvalue weighted by molar-refractivity contribution is -0.394. The molecule has 2 amide bonds. The average Bonchev–Trinajstić information content (AvgIpc) is 2.72. The largest absolute Gasteiger partial charge is 0.490 e. The Labute approximate surface area is 185 Å². The molecular formula is C19H14N4O8S. The van der Waals surface area contributed by atoms with Gasteiger partial charge in [0.15, 0.2) is 16.6 Å². The van der Waals surface area contributed by atoms with Gasteiger partial charge in [-0.1, -0.05) is 6.07 Å². The highest BCUT2D eigenvalue weighted by Crippen LogP contribution is 2.38. The van der Waals surface area contributed by atoms with Gasteiger partial charge < -0.3 is 9.47 Å². The lowest BCUT2D eigenvalue weighted by Gasteiger charge is -2.17. The maximum Gasteiger partial charge on any atom is 0.318 e. The van der Waals surface area contributed by atoms with Crippen molar-refractivity contribution in [1.82, 2.24) is 10.6 Å². The summed E-state index contributed by atoms with van der Waals surface area (Å²) in [6, 6.07) is 7.37. The van der Waals surface area contributed by atoms with Gasteiger partial charge in [-0.2, -0.15) is 0 Å². The molecule has 0 radical (unpaired) electrons. The first-order valence-electron chi connectivity index (χ1n) is 8.95. The second kappa shape index (κ2) is 9.18. The molecule has 12 nitrogen and oxygen atoms in total. The number of rotatable bonds is 7. The molecule has 32 heavy (non-hydrogen) atoms. The molecule has 1 fully saturated rings. The van der Waals surface area contributed by atoms with E-state index in [1.165, 1.54) is 24.3 Å². The van der Waals surface area contributed by atoms with Gasteiger partial charge in [0, 0.05) is 6.07 Å². The number of amides is 2. The maximum atomic E-state index is 12.0. The molecule has 3 rings (SSSR count). The van der Waals surface area contributed by atoms with E-state index in [0.717, 1.165) is 18.2 Å². The summed E-state index contributed by atoms with van der Waals surface area (Å²) < 4.78 is 11.1. The Kier molecular flexibility index (Phi) is 6.39. The summed E-state index contributed by atoms with van der Waals surface area (Å²) in [5.41, 5.74) is -0.827. The highest BCUT2D eigenvalue weighted by molar-refractivity contribution is 7.80. The van der Waals surface area contributed by atoms with Crippen LogP contribution in [0.3, 0.4) is 0 Å². The van der Waals surface area contributed by atoms with E-state index in [2.05, 4.69) is 10.6 Å². The summed E-state index contributed by atoms with van der Waals surface area (Å²) in [6.45, 7) is 1.92. The monoisotopic (exact) mass is 458 g/mol. The molecule has 1 saturated heterocycles. The third-order valence-electron chi connectivity index (χ3n) is 4.09. The van der Waals surface area contributed by atoms with Crippen molar-refractivity contribution in [3.8, 4) is 17.2 Å². The summed E-state index contributed by atoms with van der Waals surface area (Å²) in [7, 11) is 0. The minimum Gasteiger partial charge on any atom is -0.490 e. The molecule has 0 aliphatic carbocycles. The van der Waals surface area contributed by atoms with E-state index in [1.807, 2.05) is 0 Å². The highest BCUT2D eigenvalue weighted by atomic mass is 32.1. The quantitative estimate of drug-likeness (QED) is 0.209. The van der Waals surface area contributed by atoms with E-state index in [0.29, 0.717) is 5.56 Å². The summed E-state index contributed by atoms with van der Waals surface area (Å²) in [5.74, 6) is -1.31. The van der Waals surface area contributed by atoms with Gasteiger partial charge in [0.2, 0.25) is 5.75 Å². The van der Waals surface area contributed by atoms with Crippen molar-refractivity contribution in [2.75, 3.05) is 6.61 Å². The van der Waals surface area contributed by atoms with Crippen LogP contribution in [-0.2, 0) is 9.59 Å². The SMILES string of the molecule is CCOc1cc(C=C2C(=O)NC(=S)NC2=O)ccc1Oc1ccc([N+](=O)[O-])cc1[N+](=O)[O-]. The number of thiocarbonyl (C=S) groups is 1. The molecule has 0 atom stereocenters. The van der Waals surface area contributed by atoms with E-state index in [4.69, 9.17) is 21.7 Å². The summed E-state index contributed by atoms with van der Waals surface area (Å²) in [4.78, 5) is 44.7. The Morgan fingerprint density at radius 1 is 0.969 bits per heavy atom. The first-order valence-corrected chi connectivity index (χ1v) is 9.36. The van der Waals surface area contributed by atoms with E-state index in [-0.39, 0.29) is 34.5 Å². The van der Waals surface area contributed by atoms with Gasteiger partial charge in [-0.25, -0.2) is 0 Å². The predicted octanol–water partition coefficient (Wildman–Crippen LogP) is 2.61. The van der Waals surface area contributed by atoms with E-state index in [1.54, 1.807) is 6.92 Å². The minimum absolute atomic E-state index is 0.0877. The Morgan fingerprint density at radius 2 is 1.62 bits per heavy atom. The van der Waals surface area contributed by atoms with Gasteiger partial charge >= 0.3 is 5.69 Å². The molecule has 0 bridgehead atoms. The summed E-state index contributed by atoms with van der Waals surface area (Å²) >= 11 is 4.75. The van der Waals surface area contributed by atoms with Gasteiger partial charge in [-0.15, -0.1) is 0 Å². The smallest absolute Gasteiger partial charge is 0.318 e. The zero-order valence-electron chi connectivity index (χ0n) is 16.3. The van der Waals surface area contributed by atoms with Crippen molar-refractivity contribution in [2.24, 2.45) is 0 Å². The number of benzene rings is 2. The van der Waals surface area contributed by atoms with Crippen LogP contribution in [-0.4, -0.2) is 33.4 Å². The van der Waals surface area contributed by atoms with Gasteiger partial charge in [-0.3, -0.25) is 40.5 Å². The van der Waals surface area contributed by atoms with Crippen molar-refractivity contribution < 1.29 is 28.9 Å². The van der Waals surface area contributed by atoms with Crippen LogP contribution in [0.5, 0.6) is 17.2 Å². The molecule has 2 N–H and O–H groups in total. The van der Waals surface area contributed by atoms with Gasteiger partial charge in [-0.05, 0) is 49.0 Å². The molecule has 13 heteroatoms. The fraction of sp³-hybridized carbons (Fsp3) is 0.105. The second-order valence-corrected chi connectivity index (χ2v) is 6.61. The molecule has 0 saturated carbocycles. The van der Waals surface area contributed by atoms with Crippen molar-refractivity contribution in [2.45, 2.75) is 6.92 Å². The van der Waals surface area contributed by atoms with Crippen LogP contribution in [0.15, 0.2) is 42.0 Å². The summed E-state index contributed by atoms with van der Waals surface area (Å²) in [6.07, 6.45) is 1.31. The van der Waals surface area contributed by atoms with E-state index in [9.17, 15) is 29.8 Å². The molecule has 2 aromatic carbocycles. The second-order valence-electron chi connectivity index (χ2n) is 6.20. The first-order chi connectivity index (χ1) is 15.2. The normalized spacial score (nSPS) is 13.2. The predicted molar refractivity (Wildman–Crippen MR) is 114 cm³/mol. The number of ether oxygens (including phenoxy) is 2. The number of hydrogen-bond acceptors (Lipinski definition) is 9. The molecule has 0 spiro atoms. The average molecular weight is 458 g/mol. The molecular weight excluding hydrogens is 444 g/mol. The highest BCUT2D eigenvalue weighted by Gasteiger charge is 2.26. The molecule has 1 aliphatic heterocycles. The fourth-order valence-corrected chi connectivity index (χ4v) is 2.89. The van der Waals surface area contributed by atoms with Crippen LogP contribution in [0, 0.1) is 20.2 Å². The van der Waals surface area contributed by atoms with Crippen LogP contribution < -0.4 is 20.1 Å². The third-order valence-corrected chi connectivity index (χ3v) is 4.30.